The van der Waals surface area contributed by atoms with Gasteiger partial charge in [-0.1, -0.05) is 11.6 Å². The van der Waals surface area contributed by atoms with Crippen LogP contribution >= 0.6 is 41.7 Å². The molecule has 1 aliphatic heterocycles. The highest BCUT2D eigenvalue weighted by atomic mass is 127. The van der Waals surface area contributed by atoms with Crippen LogP contribution in [0.5, 0.6) is 0 Å². The zero-order chi connectivity index (χ0) is 11.4. The highest BCUT2D eigenvalue weighted by molar-refractivity contribution is 14.2. The minimum Gasteiger partial charge on any atom is -0.368 e. The van der Waals surface area contributed by atoms with Gasteiger partial charge in [0.1, 0.15) is 13.2 Å². The molecule has 0 bridgehead atoms. The molecule has 86 valence electrons. The van der Waals surface area contributed by atoms with Crippen LogP contribution in [0.4, 0.5) is 0 Å². The van der Waals surface area contributed by atoms with Crippen molar-refractivity contribution in [3.8, 4) is 0 Å². The lowest BCUT2D eigenvalue weighted by molar-refractivity contribution is -0.546. The zero-order valence-corrected chi connectivity index (χ0v) is 12.4. The van der Waals surface area contributed by atoms with Gasteiger partial charge in [0.25, 0.3) is 5.04 Å². The van der Waals surface area contributed by atoms with Gasteiger partial charge in [0.05, 0.1) is 5.56 Å². The molecule has 1 saturated heterocycles. The smallest absolute Gasteiger partial charge is 0.252 e. The van der Waals surface area contributed by atoms with Crippen LogP contribution in [-0.2, 0) is 4.74 Å². The third kappa shape index (κ3) is 3.12. The molecule has 16 heavy (non-hydrogen) atoms. The van der Waals surface area contributed by atoms with Gasteiger partial charge in [-0.3, -0.25) is 0 Å². The first-order valence-corrected chi connectivity index (χ1v) is 8.79. The molecule has 0 unspecified atom stereocenters. The van der Waals surface area contributed by atoms with Gasteiger partial charge >= 0.3 is 0 Å². The maximum atomic E-state index is 5.89. The summed E-state index contributed by atoms with van der Waals surface area (Å²) < 4.78 is 7.73. The van der Waals surface area contributed by atoms with Crippen LogP contribution in [0.3, 0.4) is 0 Å². The lowest BCUT2D eigenvalue weighted by Crippen LogP contribution is -2.32. The summed E-state index contributed by atoms with van der Waals surface area (Å²) in [6, 6.07) is 8.01. The van der Waals surface area contributed by atoms with E-state index in [1.165, 1.54) is 10.6 Å². The second-order valence-corrected chi connectivity index (χ2v) is 5.79. The van der Waals surface area contributed by atoms with Crippen LogP contribution in [0, 0.1) is 0 Å². The summed E-state index contributed by atoms with van der Waals surface area (Å²) in [4.78, 5) is 0. The van der Waals surface area contributed by atoms with Crippen LogP contribution in [0.2, 0.25) is 5.02 Å². The van der Waals surface area contributed by atoms with E-state index in [0.29, 0.717) is 0 Å². The number of hydrogen-bond donors (Lipinski definition) is 0. The number of nitrogens with zero attached hydrogens (tertiary/aromatic N) is 1. The summed E-state index contributed by atoms with van der Waals surface area (Å²) >= 11 is 8.22. The predicted octanol–water partition coefficient (Wildman–Crippen LogP) is 3.21. The van der Waals surface area contributed by atoms with Gasteiger partial charge < -0.3 is 4.74 Å². The molecule has 0 spiro atoms. The van der Waals surface area contributed by atoms with Gasteiger partial charge in [0.2, 0.25) is 0 Å². The molecule has 0 saturated carbocycles. The minimum absolute atomic E-state index is 0.781. The normalized spacial score (nSPS) is 16.2. The Balaban J connectivity index is 2.30. The van der Waals surface area contributed by atoms with Crippen LogP contribution in [0.25, 0.3) is 0 Å². The van der Waals surface area contributed by atoms with Crippen molar-refractivity contribution in [2.24, 2.45) is 0 Å². The number of benzene rings is 1. The lowest BCUT2D eigenvalue weighted by atomic mass is 10.2. The van der Waals surface area contributed by atoms with Crippen LogP contribution in [0.15, 0.2) is 24.3 Å². The van der Waals surface area contributed by atoms with Crippen LogP contribution in [0.1, 0.15) is 5.56 Å². The summed E-state index contributed by atoms with van der Waals surface area (Å²) in [5.41, 5.74) is 1.23. The maximum Gasteiger partial charge on any atom is 0.252 e. The average molecular weight is 369 g/mol. The van der Waals surface area contributed by atoms with Crippen molar-refractivity contribution in [3.05, 3.63) is 34.9 Å². The van der Waals surface area contributed by atoms with Crippen molar-refractivity contribution in [2.45, 2.75) is 0 Å². The number of morpholine rings is 1. The second-order valence-electron chi connectivity index (χ2n) is 3.49. The standard InChI is InChI=1S/C11H12ClINOS/c12-10-3-1-9(2-4-10)11(16-13)14-5-7-15-8-6-14/h1-4H,5-8H2/q+1. The Bertz CT molecular complexity index is 385. The average Bonchev–Trinajstić information content (AvgIpc) is 2.34. The van der Waals surface area contributed by atoms with Gasteiger partial charge in [-0.2, -0.15) is 0 Å². The summed E-state index contributed by atoms with van der Waals surface area (Å²) in [5.74, 6) is 0. The summed E-state index contributed by atoms with van der Waals surface area (Å²) in [5, 5.41) is 2.07. The number of hydrogen-bond acceptors (Lipinski definition) is 2. The molecule has 5 heteroatoms. The molecule has 0 N–H and O–H groups in total. The van der Waals surface area contributed by atoms with Crippen molar-refractivity contribution in [2.75, 3.05) is 26.3 Å². The molecule has 0 amide bonds. The Kier molecular flexibility index (Phi) is 4.94. The fourth-order valence-corrected chi connectivity index (χ4v) is 3.86. The number of rotatable bonds is 1. The second kappa shape index (κ2) is 6.23. The molecule has 0 aliphatic carbocycles. The Morgan fingerprint density at radius 3 is 2.44 bits per heavy atom. The Morgan fingerprint density at radius 1 is 1.25 bits per heavy atom. The van der Waals surface area contributed by atoms with E-state index in [-0.39, 0.29) is 0 Å². The zero-order valence-electron chi connectivity index (χ0n) is 8.66. The van der Waals surface area contributed by atoms with Crippen molar-refractivity contribution in [3.63, 3.8) is 0 Å². The first-order chi connectivity index (χ1) is 7.81. The lowest BCUT2D eigenvalue weighted by Gasteiger charge is -2.13. The monoisotopic (exact) mass is 368 g/mol. The molecule has 1 fully saturated rings. The van der Waals surface area contributed by atoms with Crippen LogP contribution < -0.4 is 0 Å². The van der Waals surface area contributed by atoms with E-state index in [1.54, 1.807) is 8.93 Å². The van der Waals surface area contributed by atoms with Gasteiger partial charge in [-0.15, -0.1) is 0 Å². The Morgan fingerprint density at radius 2 is 1.88 bits per heavy atom. The van der Waals surface area contributed by atoms with E-state index < -0.39 is 0 Å². The molecule has 2 nitrogen and oxygen atoms in total. The molecule has 1 aromatic carbocycles. The Labute approximate surface area is 117 Å². The maximum absolute atomic E-state index is 5.89. The third-order valence-electron chi connectivity index (χ3n) is 2.46. The molecule has 1 heterocycles. The first kappa shape index (κ1) is 12.7. The summed E-state index contributed by atoms with van der Waals surface area (Å²) in [6.45, 7) is 3.56. The third-order valence-corrected chi connectivity index (χ3v) is 4.61. The van der Waals surface area contributed by atoms with E-state index in [1.807, 2.05) is 12.1 Å². The van der Waals surface area contributed by atoms with E-state index in [4.69, 9.17) is 16.3 Å². The number of halogens is 2. The van der Waals surface area contributed by atoms with Gasteiger partial charge in [-0.05, 0) is 24.3 Å². The van der Waals surface area contributed by atoms with Crippen molar-refractivity contribution in [1.82, 2.24) is 0 Å². The van der Waals surface area contributed by atoms with Crippen LogP contribution in [-0.4, -0.2) is 35.9 Å². The predicted molar refractivity (Wildman–Crippen MR) is 78.0 cm³/mol. The molecule has 2 rings (SSSR count). The highest BCUT2D eigenvalue weighted by Gasteiger charge is 2.19. The van der Waals surface area contributed by atoms with Gasteiger partial charge in [0.15, 0.2) is 13.1 Å². The number of ether oxygens (including phenoxy) is 1. The molecular weight excluding hydrogens is 357 g/mol. The summed E-state index contributed by atoms with van der Waals surface area (Å²) in [6.07, 6.45) is 0. The van der Waals surface area contributed by atoms with E-state index >= 15 is 0 Å². The topological polar surface area (TPSA) is 12.2 Å². The quantitative estimate of drug-likeness (QED) is 0.429. The molecule has 1 aliphatic rings. The molecule has 0 radical (unpaired) electrons. The molecule has 1 aromatic rings. The van der Waals surface area contributed by atoms with Gasteiger partial charge in [0, 0.05) is 35.2 Å². The first-order valence-electron chi connectivity index (χ1n) is 5.05. The van der Waals surface area contributed by atoms with Gasteiger partial charge in [-0.25, -0.2) is 4.58 Å². The molecular formula is C11H12ClINOS+. The van der Waals surface area contributed by atoms with Crippen molar-refractivity contribution in [1.29, 1.82) is 0 Å². The summed E-state index contributed by atoms with van der Waals surface area (Å²) in [7, 11) is 1.75. The fraction of sp³-hybridized carbons (Fsp3) is 0.364. The van der Waals surface area contributed by atoms with E-state index in [9.17, 15) is 0 Å². The van der Waals surface area contributed by atoms with E-state index in [0.717, 1.165) is 31.3 Å². The highest BCUT2D eigenvalue weighted by Crippen LogP contribution is 2.22. The Hall–Kier alpha value is 0.220. The van der Waals surface area contributed by atoms with E-state index in [2.05, 4.69) is 37.9 Å². The molecule has 0 aromatic heterocycles. The fourth-order valence-electron chi connectivity index (χ4n) is 1.63. The molecule has 0 atom stereocenters. The van der Waals surface area contributed by atoms with Crippen molar-refractivity contribution >= 4 is 46.8 Å². The largest absolute Gasteiger partial charge is 0.368 e. The minimum atomic E-state index is 0.781. The SMILES string of the molecule is Clc1ccc(C(SI)=[N+]2CCOCC2)cc1. The van der Waals surface area contributed by atoms with Crippen molar-refractivity contribution < 1.29 is 9.31 Å².